The number of hydrogen-bond donors (Lipinski definition) is 1. The highest BCUT2D eigenvalue weighted by Gasteiger charge is 2.10. The lowest BCUT2D eigenvalue weighted by molar-refractivity contribution is 0.626. The molecule has 0 amide bonds. The monoisotopic (exact) mass is 420 g/mol. The van der Waals surface area contributed by atoms with E-state index in [1.54, 1.807) is 18.2 Å². The van der Waals surface area contributed by atoms with Crippen molar-refractivity contribution in [3.63, 3.8) is 0 Å². The highest BCUT2D eigenvalue weighted by Crippen LogP contribution is 2.29. The van der Waals surface area contributed by atoms with Gasteiger partial charge in [-0.2, -0.15) is 5.10 Å². The van der Waals surface area contributed by atoms with E-state index in [2.05, 4.69) is 36.4 Å². The second kappa shape index (κ2) is 7.63. The van der Waals surface area contributed by atoms with Gasteiger partial charge in [0.05, 0.1) is 17.4 Å². The number of halogens is 2. The molecular weight excluding hydrogens is 407 g/mol. The third-order valence-electron chi connectivity index (χ3n) is 3.98. The number of fused-ring (bicyclic) bond motifs is 1. The lowest BCUT2D eigenvalue weighted by atomic mass is 10.1. The summed E-state index contributed by atoms with van der Waals surface area (Å²) in [5, 5.41) is 5.01. The van der Waals surface area contributed by atoms with E-state index in [0.717, 1.165) is 26.6 Å². The van der Waals surface area contributed by atoms with Crippen LogP contribution in [-0.2, 0) is 0 Å². The van der Waals surface area contributed by atoms with E-state index in [1.165, 1.54) is 12.3 Å². The maximum atomic E-state index is 13.7. The lowest BCUT2D eigenvalue weighted by Gasteiger charge is -2.09. The van der Waals surface area contributed by atoms with Crippen LogP contribution < -0.4 is 5.43 Å². The number of anilines is 1. The zero-order valence-electron chi connectivity index (χ0n) is 14.1. The zero-order chi connectivity index (χ0) is 18.6. The Morgan fingerprint density at radius 3 is 2.52 bits per heavy atom. The number of hydrazone groups is 1. The van der Waals surface area contributed by atoms with E-state index in [1.807, 2.05) is 48.5 Å². The molecule has 6 heteroatoms. The SMILES string of the molecule is Fc1ccccc1C=NNc1nc(-c2ccccc2)c2cc(Br)ccc2n1. The Morgan fingerprint density at radius 2 is 1.70 bits per heavy atom. The minimum absolute atomic E-state index is 0.336. The maximum Gasteiger partial charge on any atom is 0.244 e. The van der Waals surface area contributed by atoms with Crippen LogP contribution in [0.1, 0.15) is 5.56 Å². The fourth-order valence-corrected chi connectivity index (χ4v) is 3.07. The van der Waals surface area contributed by atoms with E-state index in [9.17, 15) is 4.39 Å². The molecule has 0 fully saturated rings. The first-order valence-corrected chi connectivity index (χ1v) is 9.06. The molecule has 132 valence electrons. The molecule has 0 saturated carbocycles. The third-order valence-corrected chi connectivity index (χ3v) is 4.47. The molecule has 0 aliphatic heterocycles. The summed E-state index contributed by atoms with van der Waals surface area (Å²) >= 11 is 3.50. The predicted octanol–water partition coefficient (Wildman–Crippen LogP) is 5.64. The molecule has 0 spiro atoms. The Bertz CT molecular complexity index is 1130. The van der Waals surface area contributed by atoms with Crippen molar-refractivity contribution < 1.29 is 4.39 Å². The van der Waals surface area contributed by atoms with Gasteiger partial charge in [-0.05, 0) is 24.3 Å². The summed E-state index contributed by atoms with van der Waals surface area (Å²) < 4.78 is 14.6. The van der Waals surface area contributed by atoms with Crippen molar-refractivity contribution in [1.82, 2.24) is 9.97 Å². The summed E-state index contributed by atoms with van der Waals surface area (Å²) in [4.78, 5) is 9.12. The average molecular weight is 421 g/mol. The standard InChI is InChI=1S/C21H14BrFN4/c22-16-10-11-19-17(12-16)20(14-6-2-1-3-7-14)26-21(25-19)27-24-13-15-8-4-5-9-18(15)23/h1-13H,(H,25,26,27). The van der Waals surface area contributed by atoms with Gasteiger partial charge in [-0.15, -0.1) is 0 Å². The Kier molecular flexibility index (Phi) is 4.89. The van der Waals surface area contributed by atoms with E-state index in [0.29, 0.717) is 11.5 Å². The van der Waals surface area contributed by atoms with Crippen molar-refractivity contribution in [3.05, 3.63) is 88.6 Å². The van der Waals surface area contributed by atoms with Crippen molar-refractivity contribution in [2.75, 3.05) is 5.43 Å². The molecule has 1 aromatic heterocycles. The topological polar surface area (TPSA) is 50.2 Å². The van der Waals surface area contributed by atoms with Gasteiger partial charge >= 0.3 is 0 Å². The summed E-state index contributed by atoms with van der Waals surface area (Å²) in [5.74, 6) is 0.00793. The van der Waals surface area contributed by atoms with Gasteiger partial charge in [0.15, 0.2) is 0 Å². The van der Waals surface area contributed by atoms with Gasteiger partial charge in [0.2, 0.25) is 5.95 Å². The van der Waals surface area contributed by atoms with Crippen LogP contribution in [0.3, 0.4) is 0 Å². The van der Waals surface area contributed by atoms with Gasteiger partial charge in [0.25, 0.3) is 0 Å². The number of nitrogens with zero attached hydrogens (tertiary/aromatic N) is 3. The number of nitrogens with one attached hydrogen (secondary N) is 1. The van der Waals surface area contributed by atoms with Crippen molar-refractivity contribution in [3.8, 4) is 11.3 Å². The van der Waals surface area contributed by atoms with Gasteiger partial charge in [-0.25, -0.2) is 19.8 Å². The highest BCUT2D eigenvalue weighted by atomic mass is 79.9. The molecular formula is C21H14BrFN4. The van der Waals surface area contributed by atoms with Crippen molar-refractivity contribution in [2.45, 2.75) is 0 Å². The summed E-state index contributed by atoms with van der Waals surface area (Å²) in [6.45, 7) is 0. The van der Waals surface area contributed by atoms with E-state index in [-0.39, 0.29) is 5.82 Å². The van der Waals surface area contributed by atoms with Gasteiger partial charge in [0.1, 0.15) is 5.82 Å². The van der Waals surface area contributed by atoms with E-state index < -0.39 is 0 Å². The highest BCUT2D eigenvalue weighted by molar-refractivity contribution is 9.10. The maximum absolute atomic E-state index is 13.7. The molecule has 27 heavy (non-hydrogen) atoms. The van der Waals surface area contributed by atoms with E-state index >= 15 is 0 Å². The van der Waals surface area contributed by atoms with Crippen molar-refractivity contribution >= 4 is 39.0 Å². The Labute approximate surface area is 163 Å². The molecule has 4 rings (SSSR count). The van der Waals surface area contributed by atoms with Gasteiger partial charge in [-0.1, -0.05) is 64.5 Å². The molecule has 0 aliphatic rings. The first kappa shape index (κ1) is 17.3. The molecule has 1 heterocycles. The minimum Gasteiger partial charge on any atom is -0.245 e. The second-order valence-electron chi connectivity index (χ2n) is 5.81. The average Bonchev–Trinajstić information content (AvgIpc) is 2.70. The predicted molar refractivity (Wildman–Crippen MR) is 110 cm³/mol. The number of hydrogen-bond acceptors (Lipinski definition) is 4. The van der Waals surface area contributed by atoms with Crippen LogP contribution in [0.15, 0.2) is 82.4 Å². The van der Waals surface area contributed by atoms with Crippen molar-refractivity contribution in [1.29, 1.82) is 0 Å². The Balaban J connectivity index is 1.74. The molecule has 0 radical (unpaired) electrons. The van der Waals surface area contributed by atoms with Gasteiger partial charge < -0.3 is 0 Å². The third kappa shape index (κ3) is 3.85. The van der Waals surface area contributed by atoms with Crippen molar-refractivity contribution in [2.24, 2.45) is 5.10 Å². The number of rotatable bonds is 4. The molecule has 0 bridgehead atoms. The fourth-order valence-electron chi connectivity index (χ4n) is 2.71. The van der Waals surface area contributed by atoms with Crippen LogP contribution in [0.2, 0.25) is 0 Å². The van der Waals surface area contributed by atoms with Crippen LogP contribution in [0.5, 0.6) is 0 Å². The summed E-state index contributed by atoms with van der Waals surface area (Å²) in [6.07, 6.45) is 1.41. The van der Waals surface area contributed by atoms with Gasteiger partial charge in [0, 0.05) is 21.0 Å². The molecule has 0 unspecified atom stereocenters. The van der Waals surface area contributed by atoms with Crippen LogP contribution in [0.4, 0.5) is 10.3 Å². The largest absolute Gasteiger partial charge is 0.245 e. The lowest BCUT2D eigenvalue weighted by Crippen LogP contribution is -2.00. The Morgan fingerprint density at radius 1 is 0.926 bits per heavy atom. The smallest absolute Gasteiger partial charge is 0.244 e. The zero-order valence-corrected chi connectivity index (χ0v) is 15.7. The normalized spacial score (nSPS) is 11.2. The van der Waals surface area contributed by atoms with Crippen LogP contribution >= 0.6 is 15.9 Å². The molecule has 3 aromatic carbocycles. The number of aromatic nitrogens is 2. The van der Waals surface area contributed by atoms with Gasteiger partial charge in [-0.3, -0.25) is 0 Å². The quantitative estimate of drug-likeness (QED) is 0.343. The number of benzene rings is 3. The first-order chi connectivity index (χ1) is 13.2. The summed E-state index contributed by atoms with van der Waals surface area (Å²) in [5.41, 5.74) is 5.75. The molecule has 0 saturated heterocycles. The van der Waals surface area contributed by atoms with Crippen LogP contribution in [-0.4, -0.2) is 16.2 Å². The minimum atomic E-state index is -0.336. The van der Waals surface area contributed by atoms with Crippen LogP contribution in [0.25, 0.3) is 22.2 Å². The molecule has 4 nitrogen and oxygen atoms in total. The molecule has 1 N–H and O–H groups in total. The van der Waals surface area contributed by atoms with E-state index in [4.69, 9.17) is 0 Å². The van der Waals surface area contributed by atoms with Crippen LogP contribution in [0, 0.1) is 5.82 Å². The second-order valence-corrected chi connectivity index (χ2v) is 6.73. The molecule has 4 aromatic rings. The molecule has 0 aliphatic carbocycles. The molecule has 0 atom stereocenters. The summed E-state index contributed by atoms with van der Waals surface area (Å²) in [7, 11) is 0. The first-order valence-electron chi connectivity index (χ1n) is 8.27. The summed E-state index contributed by atoms with van der Waals surface area (Å²) in [6, 6.07) is 22.1. The fraction of sp³-hybridized carbons (Fsp3) is 0. The Hall–Kier alpha value is -3.12.